The fourth-order valence-corrected chi connectivity index (χ4v) is 3.43. The Balaban J connectivity index is 2.19. The van der Waals surface area contributed by atoms with Crippen molar-refractivity contribution in [1.29, 1.82) is 0 Å². The average molecular weight is 210 g/mol. The second-order valence-electron chi connectivity index (χ2n) is 5.06. The minimum atomic E-state index is 0.267. The van der Waals surface area contributed by atoms with Crippen molar-refractivity contribution >= 4 is 5.91 Å². The number of piperidine rings is 1. The number of carbonyl (C=O) groups excluding carboxylic acids is 1. The molecule has 0 aromatic rings. The first kappa shape index (κ1) is 10.9. The highest BCUT2D eigenvalue weighted by molar-refractivity contribution is 5.77. The predicted molar refractivity (Wildman–Crippen MR) is 60.4 cm³/mol. The van der Waals surface area contributed by atoms with Gasteiger partial charge in [-0.3, -0.25) is 4.79 Å². The first-order valence-corrected chi connectivity index (χ1v) is 6.23. The van der Waals surface area contributed by atoms with Crippen LogP contribution in [0.4, 0.5) is 0 Å². The van der Waals surface area contributed by atoms with Crippen molar-refractivity contribution in [3.63, 3.8) is 0 Å². The zero-order valence-electron chi connectivity index (χ0n) is 9.67. The number of carbonyl (C=O) groups is 1. The van der Waals surface area contributed by atoms with E-state index in [2.05, 4.69) is 11.8 Å². The van der Waals surface area contributed by atoms with E-state index >= 15 is 0 Å². The van der Waals surface area contributed by atoms with Crippen molar-refractivity contribution in [2.45, 2.75) is 51.5 Å². The minimum absolute atomic E-state index is 0.267. The smallest absolute Gasteiger partial charge is 0.222 e. The molecule has 1 aliphatic carbocycles. The summed E-state index contributed by atoms with van der Waals surface area (Å²) in [5.74, 6) is 0.354. The maximum atomic E-state index is 11.9. The summed E-state index contributed by atoms with van der Waals surface area (Å²) in [6, 6.07) is 0.448. The van der Waals surface area contributed by atoms with Crippen molar-refractivity contribution in [2.24, 2.45) is 11.1 Å². The maximum Gasteiger partial charge on any atom is 0.222 e. The highest BCUT2D eigenvalue weighted by Gasteiger charge is 2.48. The zero-order chi connectivity index (χ0) is 10.9. The molecule has 2 aliphatic rings. The van der Waals surface area contributed by atoms with Gasteiger partial charge in [-0.2, -0.15) is 0 Å². The zero-order valence-corrected chi connectivity index (χ0v) is 9.67. The number of likely N-dealkylation sites (tertiary alicyclic amines) is 1. The fourth-order valence-electron chi connectivity index (χ4n) is 3.43. The van der Waals surface area contributed by atoms with Gasteiger partial charge in [0.25, 0.3) is 0 Å². The van der Waals surface area contributed by atoms with Crippen LogP contribution in [0.2, 0.25) is 0 Å². The normalized spacial score (nSPS) is 35.7. The first-order valence-electron chi connectivity index (χ1n) is 6.23. The molecule has 0 unspecified atom stereocenters. The minimum Gasteiger partial charge on any atom is -0.339 e. The van der Waals surface area contributed by atoms with Gasteiger partial charge in [-0.25, -0.2) is 0 Å². The molecule has 0 aromatic heterocycles. The van der Waals surface area contributed by atoms with Gasteiger partial charge >= 0.3 is 0 Å². The van der Waals surface area contributed by atoms with E-state index in [0.29, 0.717) is 18.4 Å². The third kappa shape index (κ3) is 1.67. The van der Waals surface area contributed by atoms with Crippen LogP contribution in [0.25, 0.3) is 0 Å². The summed E-state index contributed by atoms with van der Waals surface area (Å²) in [6.45, 7) is 3.82. The van der Waals surface area contributed by atoms with Crippen LogP contribution in [0.5, 0.6) is 0 Å². The van der Waals surface area contributed by atoms with Crippen molar-refractivity contribution < 1.29 is 4.79 Å². The molecule has 15 heavy (non-hydrogen) atoms. The van der Waals surface area contributed by atoms with Gasteiger partial charge in [-0.05, 0) is 32.2 Å². The summed E-state index contributed by atoms with van der Waals surface area (Å²) < 4.78 is 0. The van der Waals surface area contributed by atoms with Crippen molar-refractivity contribution in [2.75, 3.05) is 13.1 Å². The topological polar surface area (TPSA) is 46.3 Å². The molecule has 1 saturated carbocycles. The van der Waals surface area contributed by atoms with E-state index < -0.39 is 0 Å². The lowest BCUT2D eigenvalue weighted by atomic mass is 9.74. The van der Waals surface area contributed by atoms with Gasteiger partial charge in [0.1, 0.15) is 0 Å². The Morgan fingerprint density at radius 2 is 2.33 bits per heavy atom. The molecule has 0 bridgehead atoms. The monoisotopic (exact) mass is 210 g/mol. The van der Waals surface area contributed by atoms with Gasteiger partial charge in [0.15, 0.2) is 0 Å². The van der Waals surface area contributed by atoms with Crippen LogP contribution in [0, 0.1) is 5.41 Å². The van der Waals surface area contributed by atoms with Gasteiger partial charge in [-0.15, -0.1) is 0 Å². The molecule has 0 aromatic carbocycles. The summed E-state index contributed by atoms with van der Waals surface area (Å²) in [5.41, 5.74) is 6.21. The molecule has 0 radical (unpaired) electrons. The summed E-state index contributed by atoms with van der Waals surface area (Å²) in [5, 5.41) is 0. The molecular weight excluding hydrogens is 188 g/mol. The first-order chi connectivity index (χ1) is 7.23. The molecule has 2 N–H and O–H groups in total. The molecule has 3 nitrogen and oxygen atoms in total. The summed E-state index contributed by atoms with van der Waals surface area (Å²) in [4.78, 5) is 14.0. The van der Waals surface area contributed by atoms with Crippen LogP contribution in [-0.2, 0) is 4.79 Å². The highest BCUT2D eigenvalue weighted by atomic mass is 16.2. The van der Waals surface area contributed by atoms with Gasteiger partial charge in [0.2, 0.25) is 5.91 Å². The van der Waals surface area contributed by atoms with Gasteiger partial charge < -0.3 is 10.6 Å². The van der Waals surface area contributed by atoms with Crippen molar-refractivity contribution in [1.82, 2.24) is 4.90 Å². The number of nitrogens with zero attached hydrogens (tertiary/aromatic N) is 1. The molecule has 1 heterocycles. The van der Waals surface area contributed by atoms with E-state index in [1.807, 2.05) is 0 Å². The molecule has 3 heteroatoms. The molecule has 2 rings (SSSR count). The molecule has 86 valence electrons. The number of nitrogens with two attached hydrogens (primary N) is 1. The van der Waals surface area contributed by atoms with Crippen LogP contribution in [0.1, 0.15) is 45.4 Å². The lowest BCUT2D eigenvalue weighted by molar-refractivity contribution is -0.141. The van der Waals surface area contributed by atoms with Crippen molar-refractivity contribution in [3.05, 3.63) is 0 Å². The Kier molecular flexibility index (Phi) is 3.01. The predicted octanol–water partition coefficient (Wildman–Crippen LogP) is 1.52. The van der Waals surface area contributed by atoms with Gasteiger partial charge in [-0.1, -0.05) is 13.3 Å². The third-order valence-electron chi connectivity index (χ3n) is 4.26. The largest absolute Gasteiger partial charge is 0.339 e. The number of fused-ring (bicyclic) bond motifs is 1. The second-order valence-corrected chi connectivity index (χ2v) is 5.06. The molecule has 1 amide bonds. The lowest BCUT2D eigenvalue weighted by Gasteiger charge is -2.45. The molecular formula is C12H22N2O. The Labute approximate surface area is 92.0 Å². The van der Waals surface area contributed by atoms with E-state index in [-0.39, 0.29) is 5.41 Å². The maximum absolute atomic E-state index is 11.9. The average Bonchev–Trinajstić information content (AvgIpc) is 2.67. The molecule has 2 atom stereocenters. The van der Waals surface area contributed by atoms with E-state index in [0.717, 1.165) is 25.9 Å². The quantitative estimate of drug-likeness (QED) is 0.767. The summed E-state index contributed by atoms with van der Waals surface area (Å²) in [6.07, 6.45) is 6.43. The van der Waals surface area contributed by atoms with E-state index in [1.54, 1.807) is 0 Å². The van der Waals surface area contributed by atoms with Crippen LogP contribution in [0.3, 0.4) is 0 Å². The standard InChI is InChI=1S/C12H22N2O/c1-2-8-14-10-4-3-6-12(10,9-13)7-5-11(14)15/h10H,2-9,13H2,1H3/t10-,12+/m1/s1. The van der Waals surface area contributed by atoms with Crippen LogP contribution in [-0.4, -0.2) is 29.9 Å². The number of rotatable bonds is 3. The van der Waals surface area contributed by atoms with E-state index in [9.17, 15) is 4.79 Å². The van der Waals surface area contributed by atoms with Crippen LogP contribution in [0.15, 0.2) is 0 Å². The van der Waals surface area contributed by atoms with Gasteiger partial charge in [0, 0.05) is 24.4 Å². The van der Waals surface area contributed by atoms with Crippen molar-refractivity contribution in [3.8, 4) is 0 Å². The SMILES string of the molecule is CCCN1C(=O)CC[C@]2(CN)CCC[C@@H]12. The Hall–Kier alpha value is -0.570. The van der Waals surface area contributed by atoms with Gasteiger partial charge in [0.05, 0.1) is 0 Å². The second kappa shape index (κ2) is 4.12. The van der Waals surface area contributed by atoms with Crippen LogP contribution < -0.4 is 5.73 Å². The molecule has 2 fully saturated rings. The third-order valence-corrected chi connectivity index (χ3v) is 4.26. The Morgan fingerprint density at radius 1 is 1.53 bits per heavy atom. The molecule has 0 spiro atoms. The number of hydrogen-bond acceptors (Lipinski definition) is 2. The molecule has 1 saturated heterocycles. The summed E-state index contributed by atoms with van der Waals surface area (Å²) >= 11 is 0. The Morgan fingerprint density at radius 3 is 3.00 bits per heavy atom. The fraction of sp³-hybridized carbons (Fsp3) is 0.917. The van der Waals surface area contributed by atoms with E-state index in [4.69, 9.17) is 5.73 Å². The molecule has 1 aliphatic heterocycles. The van der Waals surface area contributed by atoms with E-state index in [1.165, 1.54) is 19.3 Å². The number of hydrogen-bond donors (Lipinski definition) is 1. The Bertz CT molecular complexity index is 254. The lowest BCUT2D eigenvalue weighted by Crippen LogP contribution is -2.55. The van der Waals surface area contributed by atoms with Crippen LogP contribution >= 0.6 is 0 Å². The highest BCUT2D eigenvalue weighted by Crippen LogP contribution is 2.47. The summed E-state index contributed by atoms with van der Waals surface area (Å²) in [7, 11) is 0. The number of amides is 1.